The predicted octanol–water partition coefficient (Wildman–Crippen LogP) is 6.79. The molecule has 194 valence electrons. The van der Waals surface area contributed by atoms with Crippen molar-refractivity contribution in [2.24, 2.45) is 0 Å². The molecule has 1 amide bonds. The number of hydrogen-bond donors (Lipinski definition) is 2. The van der Waals surface area contributed by atoms with Crippen LogP contribution in [0, 0.1) is 13.8 Å². The van der Waals surface area contributed by atoms with Gasteiger partial charge in [-0.15, -0.1) is 0 Å². The molecule has 6 heteroatoms. The summed E-state index contributed by atoms with van der Waals surface area (Å²) < 4.78 is 15.2. The number of aliphatic hydroxyl groups is 1. The van der Waals surface area contributed by atoms with E-state index in [0.29, 0.717) is 19.4 Å². The fraction of sp³-hybridized carbons (Fsp3) is 0.387. The van der Waals surface area contributed by atoms with Gasteiger partial charge < -0.3 is 14.6 Å². The summed E-state index contributed by atoms with van der Waals surface area (Å²) in [5.41, 5.74) is 7.92. The molecule has 2 atom stereocenters. The number of aryl methyl sites for hydroxylation is 2. The third-order valence-corrected chi connectivity index (χ3v) is 8.26. The van der Waals surface area contributed by atoms with Crippen LogP contribution in [0.25, 0.3) is 11.1 Å². The maximum absolute atomic E-state index is 11.5. The van der Waals surface area contributed by atoms with Crippen molar-refractivity contribution in [3.8, 4) is 22.6 Å². The Labute approximate surface area is 223 Å². The second-order valence-corrected chi connectivity index (χ2v) is 11.8. The van der Waals surface area contributed by atoms with Crippen LogP contribution in [0.2, 0.25) is 0 Å². The maximum atomic E-state index is 11.5. The van der Waals surface area contributed by atoms with Gasteiger partial charge in [-0.2, -0.15) is 0 Å². The van der Waals surface area contributed by atoms with E-state index < -0.39 is 5.60 Å². The van der Waals surface area contributed by atoms with Crippen molar-refractivity contribution in [1.82, 2.24) is 4.72 Å². The summed E-state index contributed by atoms with van der Waals surface area (Å²) in [6.45, 7) is 8.36. The lowest BCUT2D eigenvalue weighted by atomic mass is 9.90. The van der Waals surface area contributed by atoms with Crippen LogP contribution in [0.5, 0.6) is 11.5 Å². The standard InChI is InChI=1S/C31H35NO4S/c1-19-16-23(35-15-14-31(3,4)34)17-20(2)30(19)26-7-5-6-25-24(26)12-13-27(25)36-22-10-8-21(9-11-22)28-18-29(33)32-37-28/h5-11,16-17,27-28,34H,12-15,18H2,1-4H3,(H,32,33)/t27-,28?/m1/s1. The van der Waals surface area contributed by atoms with Gasteiger partial charge >= 0.3 is 0 Å². The number of carbonyl (C=O) groups is 1. The van der Waals surface area contributed by atoms with Crippen LogP contribution in [0.15, 0.2) is 54.6 Å². The first kappa shape index (κ1) is 25.7. The van der Waals surface area contributed by atoms with Gasteiger partial charge in [-0.3, -0.25) is 9.52 Å². The van der Waals surface area contributed by atoms with Gasteiger partial charge in [0.05, 0.1) is 17.5 Å². The highest BCUT2D eigenvalue weighted by molar-refractivity contribution is 7.98. The van der Waals surface area contributed by atoms with Gasteiger partial charge in [0.2, 0.25) is 5.91 Å². The van der Waals surface area contributed by atoms with Crippen molar-refractivity contribution in [2.45, 2.75) is 70.3 Å². The lowest BCUT2D eigenvalue weighted by molar-refractivity contribution is -0.118. The van der Waals surface area contributed by atoms with Gasteiger partial charge in [0.25, 0.3) is 0 Å². The molecule has 2 aliphatic rings. The number of amides is 1. The molecule has 1 heterocycles. The van der Waals surface area contributed by atoms with E-state index in [1.54, 1.807) is 13.8 Å². The Balaban J connectivity index is 1.33. The summed E-state index contributed by atoms with van der Waals surface area (Å²) in [6, 6.07) is 18.9. The third kappa shape index (κ3) is 5.81. The lowest BCUT2D eigenvalue weighted by Gasteiger charge is -2.20. The molecule has 3 aromatic rings. The molecule has 5 rings (SSSR count). The smallest absolute Gasteiger partial charge is 0.231 e. The molecule has 37 heavy (non-hydrogen) atoms. The molecule has 0 saturated carbocycles. The molecule has 1 unspecified atom stereocenters. The molecular weight excluding hydrogens is 482 g/mol. The summed E-state index contributed by atoms with van der Waals surface area (Å²) >= 11 is 1.48. The van der Waals surface area contributed by atoms with E-state index in [9.17, 15) is 9.90 Å². The highest BCUT2D eigenvalue weighted by Crippen LogP contribution is 2.43. The molecule has 2 N–H and O–H groups in total. The molecule has 0 radical (unpaired) electrons. The zero-order valence-corrected chi connectivity index (χ0v) is 22.8. The summed E-state index contributed by atoms with van der Waals surface area (Å²) in [4.78, 5) is 11.5. The zero-order chi connectivity index (χ0) is 26.2. The number of nitrogens with one attached hydrogen (secondary N) is 1. The second kappa shape index (κ2) is 10.4. The Kier molecular flexibility index (Phi) is 7.24. The molecule has 0 spiro atoms. The first-order valence-electron chi connectivity index (χ1n) is 13.0. The van der Waals surface area contributed by atoms with Crippen molar-refractivity contribution in [2.75, 3.05) is 6.61 Å². The van der Waals surface area contributed by atoms with Crippen LogP contribution in [0.3, 0.4) is 0 Å². The van der Waals surface area contributed by atoms with Gasteiger partial charge in [0, 0.05) is 12.8 Å². The van der Waals surface area contributed by atoms with Crippen molar-refractivity contribution < 1.29 is 19.4 Å². The Morgan fingerprint density at radius 3 is 2.43 bits per heavy atom. The number of hydrogen-bond acceptors (Lipinski definition) is 5. The average molecular weight is 518 g/mol. The topological polar surface area (TPSA) is 67.8 Å². The van der Waals surface area contributed by atoms with Gasteiger partial charge in [-0.05, 0) is 116 Å². The van der Waals surface area contributed by atoms with E-state index in [1.165, 1.54) is 45.3 Å². The summed E-state index contributed by atoms with van der Waals surface area (Å²) in [7, 11) is 0. The number of benzene rings is 3. The van der Waals surface area contributed by atoms with Gasteiger partial charge in [0.15, 0.2) is 0 Å². The van der Waals surface area contributed by atoms with E-state index in [0.717, 1.165) is 29.9 Å². The molecule has 1 aliphatic carbocycles. The number of rotatable bonds is 8. The fourth-order valence-corrected chi connectivity index (χ4v) is 6.21. The van der Waals surface area contributed by atoms with Gasteiger partial charge in [-0.25, -0.2) is 0 Å². The zero-order valence-electron chi connectivity index (χ0n) is 22.0. The van der Waals surface area contributed by atoms with Gasteiger partial charge in [0.1, 0.15) is 17.6 Å². The Morgan fingerprint density at radius 1 is 1.05 bits per heavy atom. The predicted molar refractivity (Wildman–Crippen MR) is 149 cm³/mol. The Morgan fingerprint density at radius 2 is 1.78 bits per heavy atom. The van der Waals surface area contributed by atoms with Crippen molar-refractivity contribution in [3.63, 3.8) is 0 Å². The number of ether oxygens (including phenoxy) is 2. The fourth-order valence-electron chi connectivity index (χ4n) is 5.32. The molecule has 1 fully saturated rings. The lowest BCUT2D eigenvalue weighted by Crippen LogP contribution is -2.21. The first-order valence-corrected chi connectivity index (χ1v) is 13.9. The van der Waals surface area contributed by atoms with Crippen LogP contribution in [-0.2, 0) is 11.2 Å². The SMILES string of the molecule is Cc1cc(OCCC(C)(C)O)cc(C)c1-c1cccc2c1CC[C@H]2Oc1ccc(C2CC(=O)NS2)cc1. The molecule has 3 aromatic carbocycles. The van der Waals surface area contributed by atoms with Crippen LogP contribution in [-0.4, -0.2) is 23.2 Å². The van der Waals surface area contributed by atoms with E-state index in [2.05, 4.69) is 61.0 Å². The summed E-state index contributed by atoms with van der Waals surface area (Å²) in [5.74, 6) is 1.79. The summed E-state index contributed by atoms with van der Waals surface area (Å²) in [6.07, 6.45) is 3.05. The van der Waals surface area contributed by atoms with Crippen LogP contribution < -0.4 is 14.2 Å². The molecule has 1 aliphatic heterocycles. The van der Waals surface area contributed by atoms with E-state index in [4.69, 9.17) is 9.47 Å². The molecule has 0 aromatic heterocycles. The molecule has 5 nitrogen and oxygen atoms in total. The van der Waals surface area contributed by atoms with Crippen molar-refractivity contribution in [3.05, 3.63) is 82.4 Å². The monoisotopic (exact) mass is 517 g/mol. The number of fused-ring (bicyclic) bond motifs is 1. The second-order valence-electron chi connectivity index (χ2n) is 10.8. The average Bonchev–Trinajstić information content (AvgIpc) is 3.45. The quantitative estimate of drug-likeness (QED) is 0.322. The highest BCUT2D eigenvalue weighted by Gasteiger charge is 2.28. The minimum Gasteiger partial charge on any atom is -0.493 e. The molecule has 0 bridgehead atoms. The molecular formula is C31H35NO4S. The normalized spacial score (nSPS) is 19.0. The van der Waals surface area contributed by atoms with Crippen LogP contribution in [0.4, 0.5) is 0 Å². The third-order valence-electron chi connectivity index (χ3n) is 7.19. The maximum Gasteiger partial charge on any atom is 0.231 e. The largest absolute Gasteiger partial charge is 0.493 e. The van der Waals surface area contributed by atoms with Gasteiger partial charge in [-0.1, -0.05) is 30.3 Å². The van der Waals surface area contributed by atoms with Crippen molar-refractivity contribution >= 4 is 17.9 Å². The number of carbonyl (C=O) groups excluding carboxylic acids is 1. The van der Waals surface area contributed by atoms with Crippen LogP contribution >= 0.6 is 11.9 Å². The summed E-state index contributed by atoms with van der Waals surface area (Å²) in [5, 5.41) is 10.1. The first-order chi connectivity index (χ1) is 17.7. The van der Waals surface area contributed by atoms with E-state index in [-0.39, 0.29) is 17.3 Å². The molecule has 1 saturated heterocycles. The van der Waals surface area contributed by atoms with Crippen molar-refractivity contribution in [1.29, 1.82) is 0 Å². The van der Waals surface area contributed by atoms with E-state index in [1.807, 2.05) is 12.1 Å². The van der Waals surface area contributed by atoms with E-state index >= 15 is 0 Å². The highest BCUT2D eigenvalue weighted by atomic mass is 32.2. The Hall–Kier alpha value is -2.96. The minimum atomic E-state index is -0.734. The Bertz CT molecular complexity index is 1270. The van der Waals surface area contributed by atoms with Crippen LogP contribution in [0.1, 0.15) is 72.3 Å². The minimum absolute atomic E-state index is 0.0231.